The summed E-state index contributed by atoms with van der Waals surface area (Å²) in [5.41, 5.74) is 8.52. The number of amides is 1. The molecule has 1 aliphatic heterocycles. The number of ether oxygens (including phenoxy) is 1. The Morgan fingerprint density at radius 1 is 1.07 bits per heavy atom. The molecule has 3 aromatic rings. The Labute approximate surface area is 177 Å². The molecule has 4 rings (SSSR count). The van der Waals surface area contributed by atoms with Crippen molar-refractivity contribution in [3.8, 4) is 5.75 Å². The molecule has 158 valence electrons. The lowest BCUT2D eigenvalue weighted by molar-refractivity contribution is -0.117. The topological polar surface area (TPSA) is 76.1 Å². The summed E-state index contributed by atoms with van der Waals surface area (Å²) in [7, 11) is 0. The number of fused-ring (bicyclic) bond motifs is 1. The number of benzene rings is 1. The fourth-order valence-corrected chi connectivity index (χ4v) is 3.91. The van der Waals surface area contributed by atoms with E-state index < -0.39 is 0 Å². The summed E-state index contributed by atoms with van der Waals surface area (Å²) in [6.07, 6.45) is 6.18. The maximum Gasteiger partial charge on any atom is 0.221 e. The summed E-state index contributed by atoms with van der Waals surface area (Å²) in [4.78, 5) is 16.1. The molecular formula is C23H29N5O2. The highest BCUT2D eigenvalue weighted by Gasteiger charge is 2.17. The zero-order chi connectivity index (χ0) is 20.8. The number of piperazine rings is 1. The van der Waals surface area contributed by atoms with E-state index in [1.807, 2.05) is 41.0 Å². The summed E-state index contributed by atoms with van der Waals surface area (Å²) in [5, 5.41) is 4.20. The number of pyridine rings is 1. The molecule has 30 heavy (non-hydrogen) atoms. The molecule has 7 nitrogen and oxygen atoms in total. The average molecular weight is 408 g/mol. The highest BCUT2D eigenvalue weighted by molar-refractivity contribution is 5.77. The van der Waals surface area contributed by atoms with Crippen LogP contribution in [-0.2, 0) is 11.2 Å². The van der Waals surface area contributed by atoms with E-state index in [9.17, 15) is 4.79 Å². The van der Waals surface area contributed by atoms with Gasteiger partial charge in [-0.2, -0.15) is 5.10 Å². The van der Waals surface area contributed by atoms with Crippen LogP contribution in [0.4, 0.5) is 5.69 Å². The number of carbonyl (C=O) groups is 1. The van der Waals surface area contributed by atoms with Crippen LogP contribution in [0.2, 0.25) is 0 Å². The number of nitrogens with two attached hydrogens (primary N) is 1. The van der Waals surface area contributed by atoms with Crippen LogP contribution in [0.15, 0.2) is 54.9 Å². The van der Waals surface area contributed by atoms with E-state index in [-0.39, 0.29) is 5.91 Å². The van der Waals surface area contributed by atoms with Crippen LogP contribution in [-0.4, -0.2) is 59.8 Å². The van der Waals surface area contributed by atoms with Crippen LogP contribution in [0.1, 0.15) is 18.4 Å². The molecule has 0 unspecified atom stereocenters. The van der Waals surface area contributed by atoms with Gasteiger partial charge in [0.05, 0.1) is 18.5 Å². The van der Waals surface area contributed by atoms with Crippen LogP contribution < -0.4 is 15.4 Å². The number of carbonyl (C=O) groups excluding carboxylic acids is 1. The number of aromatic nitrogens is 2. The van der Waals surface area contributed by atoms with E-state index in [4.69, 9.17) is 10.5 Å². The third-order valence-electron chi connectivity index (χ3n) is 5.53. The van der Waals surface area contributed by atoms with Crippen molar-refractivity contribution in [1.29, 1.82) is 0 Å². The third-order valence-corrected chi connectivity index (χ3v) is 5.53. The normalized spacial score (nSPS) is 14.9. The molecule has 0 bridgehead atoms. The van der Waals surface area contributed by atoms with Crippen molar-refractivity contribution in [2.45, 2.75) is 19.3 Å². The first kappa shape index (κ1) is 20.2. The zero-order valence-corrected chi connectivity index (χ0v) is 17.2. The lowest BCUT2D eigenvalue weighted by Crippen LogP contribution is -2.46. The maximum atomic E-state index is 11.2. The smallest absolute Gasteiger partial charge is 0.221 e. The monoisotopic (exact) mass is 407 g/mol. The number of hydrogen-bond donors (Lipinski definition) is 1. The van der Waals surface area contributed by atoms with Gasteiger partial charge < -0.3 is 15.4 Å². The molecule has 3 heterocycles. The van der Waals surface area contributed by atoms with Gasteiger partial charge in [0.25, 0.3) is 0 Å². The Morgan fingerprint density at radius 3 is 2.77 bits per heavy atom. The van der Waals surface area contributed by atoms with Gasteiger partial charge in [0, 0.05) is 50.3 Å². The second kappa shape index (κ2) is 9.63. The highest BCUT2D eigenvalue weighted by Crippen LogP contribution is 2.19. The Kier molecular flexibility index (Phi) is 6.49. The predicted octanol–water partition coefficient (Wildman–Crippen LogP) is 2.34. The Balaban J connectivity index is 1.15. The van der Waals surface area contributed by atoms with Crippen molar-refractivity contribution < 1.29 is 9.53 Å². The maximum absolute atomic E-state index is 11.2. The first-order valence-electron chi connectivity index (χ1n) is 10.6. The van der Waals surface area contributed by atoms with Crippen LogP contribution in [0.25, 0.3) is 5.52 Å². The molecule has 0 radical (unpaired) electrons. The van der Waals surface area contributed by atoms with Gasteiger partial charge in [-0.25, -0.2) is 4.52 Å². The lowest BCUT2D eigenvalue weighted by atomic mass is 10.1. The second-order valence-corrected chi connectivity index (χ2v) is 7.76. The first-order chi connectivity index (χ1) is 14.7. The quantitative estimate of drug-likeness (QED) is 0.551. The van der Waals surface area contributed by atoms with Gasteiger partial charge >= 0.3 is 0 Å². The molecule has 0 spiro atoms. The number of hydrogen-bond acceptors (Lipinski definition) is 5. The molecule has 0 saturated carbocycles. The van der Waals surface area contributed by atoms with E-state index in [1.54, 1.807) is 6.20 Å². The molecule has 2 N–H and O–H groups in total. The summed E-state index contributed by atoms with van der Waals surface area (Å²) in [5.74, 6) is 0.610. The first-order valence-corrected chi connectivity index (χ1v) is 10.6. The van der Waals surface area contributed by atoms with Crippen molar-refractivity contribution in [2.24, 2.45) is 5.73 Å². The van der Waals surface area contributed by atoms with Gasteiger partial charge in [-0.3, -0.25) is 9.69 Å². The molecule has 0 atom stereocenters. The second-order valence-electron chi connectivity index (χ2n) is 7.76. The Hall–Kier alpha value is -3.06. The molecule has 2 aromatic heterocycles. The summed E-state index contributed by atoms with van der Waals surface area (Å²) >= 11 is 0. The zero-order valence-electron chi connectivity index (χ0n) is 17.2. The minimum Gasteiger partial charge on any atom is -0.493 e. The van der Waals surface area contributed by atoms with E-state index in [1.165, 1.54) is 5.69 Å². The van der Waals surface area contributed by atoms with Crippen molar-refractivity contribution in [2.75, 3.05) is 44.2 Å². The van der Waals surface area contributed by atoms with Crippen LogP contribution in [0, 0.1) is 0 Å². The predicted molar refractivity (Wildman–Crippen MR) is 118 cm³/mol. The van der Waals surface area contributed by atoms with E-state index in [0.717, 1.165) is 69.0 Å². The molecule has 0 aliphatic carbocycles. The summed E-state index contributed by atoms with van der Waals surface area (Å²) in [6, 6.07) is 14.1. The molecule has 1 amide bonds. The van der Waals surface area contributed by atoms with Crippen LogP contribution >= 0.6 is 0 Å². The SMILES string of the molecule is NC(=O)Cc1cccc(N2CCN(CCCCOc3ccn4nccc4c3)CC2)c1. The fourth-order valence-electron chi connectivity index (χ4n) is 3.91. The van der Waals surface area contributed by atoms with Crippen molar-refractivity contribution in [3.05, 3.63) is 60.4 Å². The molecule has 1 saturated heterocycles. The summed E-state index contributed by atoms with van der Waals surface area (Å²) in [6.45, 7) is 5.94. The molecule has 1 aromatic carbocycles. The van der Waals surface area contributed by atoms with Crippen molar-refractivity contribution in [3.63, 3.8) is 0 Å². The molecule has 7 heteroatoms. The minimum atomic E-state index is -0.289. The van der Waals surface area contributed by atoms with Crippen molar-refractivity contribution in [1.82, 2.24) is 14.5 Å². The largest absolute Gasteiger partial charge is 0.493 e. The number of unbranched alkanes of at least 4 members (excludes halogenated alkanes) is 1. The Bertz CT molecular complexity index is 978. The Morgan fingerprint density at radius 2 is 1.93 bits per heavy atom. The van der Waals surface area contributed by atoms with Gasteiger partial charge in [0.2, 0.25) is 5.91 Å². The lowest BCUT2D eigenvalue weighted by Gasteiger charge is -2.36. The standard InChI is InChI=1S/C23H29N5O2/c24-23(29)17-19-4-3-5-20(16-19)27-13-11-26(12-14-27)9-1-2-15-30-22-7-10-28-21(18-22)6-8-25-28/h3-8,10,16,18H,1-2,9,11-15,17H2,(H2,24,29). The van der Waals surface area contributed by atoms with E-state index >= 15 is 0 Å². The molecular weight excluding hydrogens is 378 g/mol. The third kappa shape index (κ3) is 5.30. The van der Waals surface area contributed by atoms with Gasteiger partial charge in [-0.1, -0.05) is 12.1 Å². The number of anilines is 1. The molecule has 1 fully saturated rings. The van der Waals surface area contributed by atoms with Crippen molar-refractivity contribution >= 4 is 17.1 Å². The van der Waals surface area contributed by atoms with Crippen LogP contribution in [0.5, 0.6) is 5.75 Å². The number of primary amides is 1. The average Bonchev–Trinajstić information content (AvgIpc) is 3.22. The highest BCUT2D eigenvalue weighted by atomic mass is 16.5. The van der Waals surface area contributed by atoms with Gasteiger partial charge in [-0.05, 0) is 49.2 Å². The minimum absolute atomic E-state index is 0.289. The van der Waals surface area contributed by atoms with Crippen LogP contribution in [0.3, 0.4) is 0 Å². The van der Waals surface area contributed by atoms with Gasteiger partial charge in [-0.15, -0.1) is 0 Å². The molecule has 1 aliphatic rings. The summed E-state index contributed by atoms with van der Waals surface area (Å²) < 4.78 is 7.72. The van der Waals surface area contributed by atoms with E-state index in [0.29, 0.717) is 6.42 Å². The van der Waals surface area contributed by atoms with Gasteiger partial charge in [0.15, 0.2) is 0 Å². The number of rotatable bonds is 9. The van der Waals surface area contributed by atoms with E-state index in [2.05, 4.69) is 27.0 Å². The fraction of sp³-hybridized carbons (Fsp3) is 0.391. The van der Waals surface area contributed by atoms with Gasteiger partial charge in [0.1, 0.15) is 5.75 Å². The number of nitrogens with zero attached hydrogens (tertiary/aromatic N) is 4.